The molecule has 21 heavy (non-hydrogen) atoms. The van der Waals surface area contributed by atoms with E-state index in [-0.39, 0.29) is 0 Å². The Morgan fingerprint density at radius 3 is 2.86 bits per heavy atom. The van der Waals surface area contributed by atoms with Crippen LogP contribution in [0.2, 0.25) is 0 Å². The monoisotopic (exact) mass is 286 g/mol. The van der Waals surface area contributed by atoms with E-state index in [1.807, 2.05) is 6.07 Å². The Morgan fingerprint density at radius 1 is 1.19 bits per heavy atom. The third-order valence-corrected chi connectivity index (χ3v) is 4.15. The third kappa shape index (κ3) is 3.70. The van der Waals surface area contributed by atoms with Crippen LogP contribution >= 0.6 is 0 Å². The summed E-state index contributed by atoms with van der Waals surface area (Å²) in [4.78, 5) is 4.58. The highest BCUT2D eigenvalue weighted by Crippen LogP contribution is 2.30. The molecule has 0 aliphatic carbocycles. The maximum atomic E-state index is 5.46. The standard InChI is InChI=1S/C17H22N2O2/c1-13-12-20-11-10-15(13)17-18-16(19-21-17)9-5-8-14-6-3-2-4-7-14/h2-4,6-7,13,15H,5,8-12H2,1H3/t13-,15+/m1/s1. The lowest BCUT2D eigenvalue weighted by atomic mass is 9.90. The molecular weight excluding hydrogens is 264 g/mol. The summed E-state index contributed by atoms with van der Waals surface area (Å²) in [5.41, 5.74) is 1.36. The highest BCUT2D eigenvalue weighted by molar-refractivity contribution is 5.14. The summed E-state index contributed by atoms with van der Waals surface area (Å²) in [5, 5.41) is 4.13. The fraction of sp³-hybridized carbons (Fsp3) is 0.529. The van der Waals surface area contributed by atoms with Crippen molar-refractivity contribution in [2.75, 3.05) is 13.2 Å². The van der Waals surface area contributed by atoms with E-state index in [2.05, 4.69) is 41.3 Å². The van der Waals surface area contributed by atoms with Crippen LogP contribution < -0.4 is 0 Å². The Labute approximate surface area is 125 Å². The largest absolute Gasteiger partial charge is 0.381 e. The number of hydrogen-bond donors (Lipinski definition) is 0. The molecule has 0 saturated carbocycles. The number of aryl methyl sites for hydroxylation is 2. The molecule has 1 aliphatic rings. The molecule has 1 aromatic carbocycles. The minimum absolute atomic E-state index is 0.356. The first-order valence-corrected chi connectivity index (χ1v) is 7.77. The first kappa shape index (κ1) is 14.3. The summed E-state index contributed by atoms with van der Waals surface area (Å²) in [7, 11) is 0. The zero-order valence-electron chi connectivity index (χ0n) is 12.5. The minimum Gasteiger partial charge on any atom is -0.381 e. The second kappa shape index (κ2) is 6.85. The molecule has 112 valence electrons. The van der Waals surface area contributed by atoms with Crippen LogP contribution in [0, 0.1) is 5.92 Å². The van der Waals surface area contributed by atoms with Gasteiger partial charge in [0.25, 0.3) is 0 Å². The van der Waals surface area contributed by atoms with Gasteiger partial charge < -0.3 is 9.26 Å². The van der Waals surface area contributed by atoms with Crippen LogP contribution in [0.5, 0.6) is 0 Å². The molecule has 3 rings (SSSR count). The van der Waals surface area contributed by atoms with Crippen molar-refractivity contribution < 1.29 is 9.26 Å². The van der Waals surface area contributed by atoms with Crippen molar-refractivity contribution in [3.05, 3.63) is 47.6 Å². The maximum Gasteiger partial charge on any atom is 0.230 e. The topological polar surface area (TPSA) is 48.2 Å². The van der Waals surface area contributed by atoms with Gasteiger partial charge in [0, 0.05) is 25.6 Å². The van der Waals surface area contributed by atoms with E-state index in [0.717, 1.165) is 50.6 Å². The molecule has 0 amide bonds. The normalized spacial score (nSPS) is 22.3. The summed E-state index contributed by atoms with van der Waals surface area (Å²) in [6, 6.07) is 10.5. The van der Waals surface area contributed by atoms with Gasteiger partial charge in [-0.3, -0.25) is 0 Å². The number of hydrogen-bond acceptors (Lipinski definition) is 4. The van der Waals surface area contributed by atoms with Gasteiger partial charge in [-0.15, -0.1) is 0 Å². The van der Waals surface area contributed by atoms with E-state index in [0.29, 0.717) is 11.8 Å². The summed E-state index contributed by atoms with van der Waals surface area (Å²) >= 11 is 0. The predicted molar refractivity (Wildman–Crippen MR) is 80.1 cm³/mol. The van der Waals surface area contributed by atoms with Crippen LogP contribution in [0.15, 0.2) is 34.9 Å². The molecular formula is C17H22N2O2. The van der Waals surface area contributed by atoms with Gasteiger partial charge in [-0.05, 0) is 30.7 Å². The molecule has 4 nitrogen and oxygen atoms in total. The lowest BCUT2D eigenvalue weighted by molar-refractivity contribution is 0.0392. The Morgan fingerprint density at radius 2 is 2.05 bits per heavy atom. The summed E-state index contributed by atoms with van der Waals surface area (Å²) in [6.45, 7) is 3.76. The van der Waals surface area contributed by atoms with Crippen molar-refractivity contribution in [2.45, 2.75) is 38.5 Å². The molecule has 1 saturated heterocycles. The molecule has 4 heteroatoms. The Balaban J connectivity index is 1.53. The van der Waals surface area contributed by atoms with Crippen molar-refractivity contribution in [2.24, 2.45) is 5.92 Å². The fourth-order valence-electron chi connectivity index (χ4n) is 2.86. The number of benzene rings is 1. The van der Waals surface area contributed by atoms with Crippen molar-refractivity contribution >= 4 is 0 Å². The van der Waals surface area contributed by atoms with Gasteiger partial charge in [-0.2, -0.15) is 4.98 Å². The van der Waals surface area contributed by atoms with Gasteiger partial charge in [0.1, 0.15) is 0 Å². The van der Waals surface area contributed by atoms with Crippen LogP contribution in [0.3, 0.4) is 0 Å². The Bertz CT molecular complexity index is 553. The molecule has 0 spiro atoms. The van der Waals surface area contributed by atoms with E-state index in [4.69, 9.17) is 9.26 Å². The van der Waals surface area contributed by atoms with Crippen molar-refractivity contribution in [1.82, 2.24) is 10.1 Å². The van der Waals surface area contributed by atoms with Gasteiger partial charge in [0.2, 0.25) is 5.89 Å². The number of rotatable bonds is 5. The average molecular weight is 286 g/mol. The van der Waals surface area contributed by atoms with E-state index in [9.17, 15) is 0 Å². The zero-order valence-corrected chi connectivity index (χ0v) is 12.5. The molecule has 0 radical (unpaired) electrons. The van der Waals surface area contributed by atoms with Gasteiger partial charge in [0.05, 0.1) is 0 Å². The molecule has 0 bridgehead atoms. The third-order valence-electron chi connectivity index (χ3n) is 4.15. The highest BCUT2D eigenvalue weighted by Gasteiger charge is 2.28. The number of aromatic nitrogens is 2. The molecule has 1 aliphatic heterocycles. The second-order valence-electron chi connectivity index (χ2n) is 5.84. The quantitative estimate of drug-likeness (QED) is 0.845. The Hall–Kier alpha value is -1.68. The van der Waals surface area contributed by atoms with Crippen molar-refractivity contribution in [3.8, 4) is 0 Å². The van der Waals surface area contributed by atoms with E-state index < -0.39 is 0 Å². The van der Waals surface area contributed by atoms with E-state index in [1.165, 1.54) is 5.56 Å². The van der Waals surface area contributed by atoms with Crippen LogP contribution in [0.25, 0.3) is 0 Å². The molecule has 2 heterocycles. The lowest BCUT2D eigenvalue weighted by Gasteiger charge is -2.25. The van der Waals surface area contributed by atoms with Gasteiger partial charge in [-0.25, -0.2) is 0 Å². The molecule has 0 unspecified atom stereocenters. The maximum absolute atomic E-state index is 5.46. The van der Waals surface area contributed by atoms with Crippen LogP contribution in [-0.4, -0.2) is 23.4 Å². The number of nitrogens with zero attached hydrogens (tertiary/aromatic N) is 2. The smallest absolute Gasteiger partial charge is 0.230 e. The highest BCUT2D eigenvalue weighted by atomic mass is 16.5. The molecule has 0 N–H and O–H groups in total. The van der Waals surface area contributed by atoms with E-state index >= 15 is 0 Å². The molecule has 1 fully saturated rings. The van der Waals surface area contributed by atoms with Gasteiger partial charge in [0.15, 0.2) is 5.82 Å². The summed E-state index contributed by atoms with van der Waals surface area (Å²) in [6.07, 6.45) is 3.95. The summed E-state index contributed by atoms with van der Waals surface area (Å²) < 4.78 is 10.9. The van der Waals surface area contributed by atoms with Crippen LogP contribution in [0.4, 0.5) is 0 Å². The first-order chi connectivity index (χ1) is 10.3. The van der Waals surface area contributed by atoms with Crippen LogP contribution in [-0.2, 0) is 17.6 Å². The van der Waals surface area contributed by atoms with Crippen molar-refractivity contribution in [3.63, 3.8) is 0 Å². The number of ether oxygens (including phenoxy) is 1. The van der Waals surface area contributed by atoms with Gasteiger partial charge in [-0.1, -0.05) is 42.4 Å². The SMILES string of the molecule is C[C@@H]1COCC[C@@H]1c1nc(CCCc2ccccc2)no1. The van der Waals surface area contributed by atoms with Gasteiger partial charge >= 0.3 is 0 Å². The second-order valence-corrected chi connectivity index (χ2v) is 5.84. The van der Waals surface area contributed by atoms with Crippen molar-refractivity contribution in [1.29, 1.82) is 0 Å². The molecule has 1 aromatic heterocycles. The summed E-state index contributed by atoms with van der Waals surface area (Å²) in [5.74, 6) is 2.44. The van der Waals surface area contributed by atoms with Crippen LogP contribution in [0.1, 0.15) is 43.0 Å². The first-order valence-electron chi connectivity index (χ1n) is 7.77. The fourth-order valence-corrected chi connectivity index (χ4v) is 2.86. The molecule has 2 atom stereocenters. The minimum atomic E-state index is 0.356. The zero-order chi connectivity index (χ0) is 14.5. The van der Waals surface area contributed by atoms with E-state index in [1.54, 1.807) is 0 Å². The molecule has 2 aromatic rings. The lowest BCUT2D eigenvalue weighted by Crippen LogP contribution is -2.23. The Kier molecular flexibility index (Phi) is 4.65. The predicted octanol–water partition coefficient (Wildman–Crippen LogP) is 3.38. The average Bonchev–Trinajstić information content (AvgIpc) is 2.97.